The average Bonchev–Trinajstić information content (AvgIpc) is 3.34. The smallest absolute Gasteiger partial charge is 0.396 e. The SMILES string of the molecule is F[B-]1(F)n2cccc2C(c2cccc(-c3ccccc3)c2)=C2C=CC=[N+]21. The molecule has 126 valence electrons. The summed E-state index contributed by atoms with van der Waals surface area (Å²) in [5, 5.41) is 0. The predicted molar refractivity (Wildman–Crippen MR) is 101 cm³/mol. The summed E-state index contributed by atoms with van der Waals surface area (Å²) < 4.78 is 31.9. The fraction of sp³-hybridized carbons (Fsp3) is 0. The minimum Gasteiger partial charge on any atom is -0.396 e. The minimum atomic E-state index is -3.86. The molecule has 0 saturated heterocycles. The summed E-state index contributed by atoms with van der Waals surface area (Å²) in [7, 11) is 0. The van der Waals surface area contributed by atoms with Crippen LogP contribution in [0.15, 0.2) is 90.8 Å². The number of fused-ring (bicyclic) bond motifs is 2. The van der Waals surface area contributed by atoms with Crippen LogP contribution in [0.1, 0.15) is 11.3 Å². The Labute approximate surface area is 150 Å². The van der Waals surface area contributed by atoms with Crippen LogP contribution in [-0.2, 0) is 0 Å². The number of nitrogens with zero attached hydrogens (tertiary/aromatic N) is 2. The summed E-state index contributed by atoms with van der Waals surface area (Å²) in [5.41, 5.74) is 5.02. The second-order valence-corrected chi connectivity index (χ2v) is 6.51. The molecule has 5 heteroatoms. The van der Waals surface area contributed by atoms with Gasteiger partial charge in [-0.05, 0) is 41.1 Å². The number of hydrogen-bond donors (Lipinski definition) is 0. The summed E-state index contributed by atoms with van der Waals surface area (Å²) in [5.74, 6) is 0. The highest BCUT2D eigenvalue weighted by molar-refractivity contribution is 6.57. The lowest BCUT2D eigenvalue weighted by Crippen LogP contribution is -2.49. The Morgan fingerprint density at radius 1 is 0.808 bits per heavy atom. The van der Waals surface area contributed by atoms with Crippen molar-refractivity contribution in [2.75, 3.05) is 0 Å². The third kappa shape index (κ3) is 2.07. The highest BCUT2D eigenvalue weighted by atomic mass is 19.2. The van der Waals surface area contributed by atoms with Crippen molar-refractivity contribution in [3.63, 3.8) is 0 Å². The van der Waals surface area contributed by atoms with E-state index in [1.54, 1.807) is 24.3 Å². The van der Waals surface area contributed by atoms with Gasteiger partial charge in [0.2, 0.25) is 0 Å². The molecule has 0 radical (unpaired) electrons. The molecule has 2 aliphatic heterocycles. The highest BCUT2D eigenvalue weighted by Crippen LogP contribution is 2.39. The summed E-state index contributed by atoms with van der Waals surface area (Å²) in [6, 6.07) is 21.6. The minimum absolute atomic E-state index is 0.548. The van der Waals surface area contributed by atoms with Crippen molar-refractivity contribution in [3.8, 4) is 11.1 Å². The first-order valence-corrected chi connectivity index (χ1v) is 8.56. The standard InChI is InChI=1S/C21H15BF2N2/c23-22(24)25-13-5-11-19(25)21(20-12-6-14-26(20)22)18-10-4-9-17(15-18)16-7-2-1-3-8-16/h1-15H. The molecule has 0 N–H and O–H groups in total. The lowest BCUT2D eigenvalue weighted by Gasteiger charge is -2.31. The molecule has 0 spiro atoms. The summed E-state index contributed by atoms with van der Waals surface area (Å²) >= 11 is 0. The number of halogens is 2. The van der Waals surface area contributed by atoms with E-state index in [1.165, 1.54) is 12.4 Å². The van der Waals surface area contributed by atoms with Crippen LogP contribution in [0.4, 0.5) is 8.63 Å². The molecule has 0 saturated carbocycles. The van der Waals surface area contributed by atoms with Gasteiger partial charge in [-0.3, -0.25) is 0 Å². The molecule has 0 fully saturated rings. The van der Waals surface area contributed by atoms with Crippen LogP contribution in [0.3, 0.4) is 0 Å². The number of hydrogen-bond acceptors (Lipinski definition) is 0. The summed E-state index contributed by atoms with van der Waals surface area (Å²) in [6.07, 6.45) is 6.35. The molecule has 2 aliphatic rings. The molecule has 0 amide bonds. The molecule has 1 aromatic heterocycles. The van der Waals surface area contributed by atoms with E-state index in [0.29, 0.717) is 11.4 Å². The van der Waals surface area contributed by atoms with Crippen LogP contribution < -0.4 is 0 Å². The average molecular weight is 344 g/mol. The summed E-state index contributed by atoms with van der Waals surface area (Å²) in [6.45, 7) is -3.86. The molecule has 0 aliphatic carbocycles. The van der Waals surface area contributed by atoms with Gasteiger partial charge in [-0.15, -0.1) is 0 Å². The molecule has 5 rings (SSSR count). The van der Waals surface area contributed by atoms with Crippen LogP contribution >= 0.6 is 0 Å². The molecular weight excluding hydrogens is 329 g/mol. The van der Waals surface area contributed by atoms with Crippen molar-refractivity contribution in [2.45, 2.75) is 0 Å². The Morgan fingerprint density at radius 3 is 2.42 bits per heavy atom. The number of aromatic nitrogens is 1. The second-order valence-electron chi connectivity index (χ2n) is 6.51. The lowest BCUT2D eigenvalue weighted by molar-refractivity contribution is -0.356. The maximum Gasteiger partial charge on any atom is 0.737 e. The van der Waals surface area contributed by atoms with Crippen LogP contribution in [0, 0.1) is 0 Å². The van der Waals surface area contributed by atoms with Gasteiger partial charge in [0.25, 0.3) is 0 Å². The number of rotatable bonds is 2. The van der Waals surface area contributed by atoms with Gasteiger partial charge < -0.3 is 17.6 Å². The number of benzene rings is 2. The third-order valence-corrected chi connectivity index (χ3v) is 5.00. The third-order valence-electron chi connectivity index (χ3n) is 5.00. The van der Waals surface area contributed by atoms with Crippen molar-refractivity contribution in [2.24, 2.45) is 0 Å². The topological polar surface area (TPSA) is 7.94 Å². The zero-order valence-corrected chi connectivity index (χ0v) is 13.9. The zero-order valence-electron chi connectivity index (χ0n) is 13.9. The molecular formula is C21H15BF2N2. The Balaban J connectivity index is 1.74. The second kappa shape index (κ2) is 5.40. The zero-order chi connectivity index (χ0) is 17.7. The largest absolute Gasteiger partial charge is 0.737 e. The van der Waals surface area contributed by atoms with Crippen LogP contribution in [0.25, 0.3) is 16.7 Å². The fourth-order valence-corrected chi connectivity index (χ4v) is 3.80. The molecule has 0 bridgehead atoms. The van der Waals surface area contributed by atoms with Crippen molar-refractivity contribution >= 4 is 18.8 Å². The van der Waals surface area contributed by atoms with Gasteiger partial charge in [0, 0.05) is 17.8 Å². The maximum atomic E-state index is 14.9. The lowest BCUT2D eigenvalue weighted by atomic mass is 9.86. The van der Waals surface area contributed by atoms with Crippen LogP contribution in [0.5, 0.6) is 0 Å². The molecule has 2 nitrogen and oxygen atoms in total. The van der Waals surface area contributed by atoms with E-state index in [2.05, 4.69) is 6.07 Å². The Morgan fingerprint density at radius 2 is 1.58 bits per heavy atom. The van der Waals surface area contributed by atoms with Gasteiger partial charge >= 0.3 is 6.97 Å². The van der Waals surface area contributed by atoms with Crippen molar-refractivity contribution < 1.29 is 13.1 Å². The molecule has 2 aromatic carbocycles. The van der Waals surface area contributed by atoms with E-state index in [-0.39, 0.29) is 0 Å². The van der Waals surface area contributed by atoms with E-state index in [4.69, 9.17) is 0 Å². The van der Waals surface area contributed by atoms with Gasteiger partial charge in [-0.2, -0.15) is 0 Å². The Bertz CT molecular complexity index is 1110. The maximum absolute atomic E-state index is 14.9. The Hall–Kier alpha value is -3.21. The molecule has 0 atom stereocenters. The monoisotopic (exact) mass is 344 g/mol. The van der Waals surface area contributed by atoms with E-state index < -0.39 is 6.97 Å². The van der Waals surface area contributed by atoms with Gasteiger partial charge in [0.15, 0.2) is 5.70 Å². The van der Waals surface area contributed by atoms with Crippen molar-refractivity contribution in [1.82, 2.24) is 4.48 Å². The van der Waals surface area contributed by atoms with E-state index in [1.807, 2.05) is 48.5 Å². The highest BCUT2D eigenvalue weighted by Gasteiger charge is 2.51. The van der Waals surface area contributed by atoms with E-state index >= 15 is 0 Å². The van der Waals surface area contributed by atoms with Gasteiger partial charge in [0.05, 0.1) is 5.57 Å². The van der Waals surface area contributed by atoms with Crippen LogP contribution in [-0.4, -0.2) is 22.1 Å². The first-order valence-electron chi connectivity index (χ1n) is 8.56. The van der Waals surface area contributed by atoms with Gasteiger partial charge in [-0.25, -0.2) is 0 Å². The first-order chi connectivity index (χ1) is 12.7. The molecule has 3 heterocycles. The normalized spacial score (nSPS) is 17.1. The quantitative estimate of drug-likeness (QED) is 0.590. The number of allylic oxidation sites excluding steroid dienone is 2. The van der Waals surface area contributed by atoms with Crippen molar-refractivity contribution in [3.05, 3.63) is 102 Å². The van der Waals surface area contributed by atoms with E-state index in [9.17, 15) is 8.63 Å². The predicted octanol–water partition coefficient (Wildman–Crippen LogP) is 4.80. The van der Waals surface area contributed by atoms with Crippen molar-refractivity contribution in [1.29, 1.82) is 0 Å². The van der Waals surface area contributed by atoms with Crippen LogP contribution in [0.2, 0.25) is 0 Å². The van der Waals surface area contributed by atoms with Gasteiger partial charge in [0.1, 0.15) is 6.21 Å². The molecule has 3 aromatic rings. The van der Waals surface area contributed by atoms with E-state index in [0.717, 1.165) is 31.2 Å². The first kappa shape index (κ1) is 15.1. The summed E-state index contributed by atoms with van der Waals surface area (Å²) in [4.78, 5) is 0. The Kier molecular flexibility index (Phi) is 3.13. The molecule has 0 unspecified atom stereocenters. The fourth-order valence-electron chi connectivity index (χ4n) is 3.80. The van der Waals surface area contributed by atoms with Gasteiger partial charge in [-0.1, -0.05) is 48.5 Å². The molecule has 26 heavy (non-hydrogen) atoms.